The molecule has 0 saturated carbocycles. The van der Waals surface area contributed by atoms with Gasteiger partial charge in [-0.05, 0) is 36.8 Å². The molecule has 1 aliphatic carbocycles. The summed E-state index contributed by atoms with van der Waals surface area (Å²) in [6.07, 6.45) is 4.25. The van der Waals surface area contributed by atoms with Gasteiger partial charge in [0.2, 0.25) is 0 Å². The minimum atomic E-state index is -0.156. The Labute approximate surface area is 85.8 Å². The van der Waals surface area contributed by atoms with Crippen molar-refractivity contribution in [3.8, 4) is 0 Å². The molecule has 1 aromatic rings. The summed E-state index contributed by atoms with van der Waals surface area (Å²) >= 11 is 0. The molecule has 0 fully saturated rings. The van der Waals surface area contributed by atoms with E-state index in [1.165, 1.54) is 24.0 Å². The minimum Gasteiger partial charge on any atom is -0.393 e. The lowest BCUT2D eigenvalue weighted by Gasteiger charge is -2.28. The van der Waals surface area contributed by atoms with Crippen molar-refractivity contribution in [2.24, 2.45) is 0 Å². The molecule has 0 spiro atoms. The molecular weight excluding hydrogens is 172 g/mol. The molecule has 2 rings (SSSR count). The van der Waals surface area contributed by atoms with E-state index in [-0.39, 0.29) is 6.10 Å². The van der Waals surface area contributed by atoms with E-state index < -0.39 is 0 Å². The number of rotatable bonds is 2. The van der Waals surface area contributed by atoms with Gasteiger partial charge in [-0.2, -0.15) is 0 Å². The molecule has 0 aromatic heterocycles. The van der Waals surface area contributed by atoms with Gasteiger partial charge in [0.15, 0.2) is 0 Å². The Morgan fingerprint density at radius 2 is 2.21 bits per heavy atom. The molecule has 0 bridgehead atoms. The van der Waals surface area contributed by atoms with Crippen molar-refractivity contribution >= 4 is 0 Å². The maximum atomic E-state index is 9.93. The maximum Gasteiger partial charge on any atom is 0.0606 e. The minimum absolute atomic E-state index is 0.156. The third kappa shape index (κ3) is 1.69. The third-order valence-corrected chi connectivity index (χ3v) is 3.30. The maximum absolute atomic E-state index is 9.93. The Hall–Kier alpha value is -0.820. The normalized spacial score (nSPS) is 22.9. The fourth-order valence-corrected chi connectivity index (χ4v) is 2.48. The summed E-state index contributed by atoms with van der Waals surface area (Å²) in [6.45, 7) is 2.06. The first-order valence-corrected chi connectivity index (χ1v) is 5.58. The molecule has 0 aliphatic heterocycles. The van der Waals surface area contributed by atoms with E-state index in [0.717, 1.165) is 12.8 Å². The highest BCUT2D eigenvalue weighted by Gasteiger charge is 2.24. The zero-order valence-electron chi connectivity index (χ0n) is 8.74. The summed E-state index contributed by atoms with van der Waals surface area (Å²) in [5, 5.41) is 9.93. The highest BCUT2D eigenvalue weighted by atomic mass is 16.3. The van der Waals surface area contributed by atoms with Crippen LogP contribution in [0, 0.1) is 0 Å². The van der Waals surface area contributed by atoms with Crippen LogP contribution in [0.25, 0.3) is 0 Å². The number of aliphatic hydroxyl groups excluding tert-OH is 1. The van der Waals surface area contributed by atoms with Crippen LogP contribution in [0.5, 0.6) is 0 Å². The molecule has 0 heterocycles. The summed E-state index contributed by atoms with van der Waals surface area (Å²) in [4.78, 5) is 0. The molecule has 1 heteroatoms. The van der Waals surface area contributed by atoms with Crippen LogP contribution in [-0.2, 0) is 6.42 Å². The van der Waals surface area contributed by atoms with Crippen molar-refractivity contribution in [2.75, 3.05) is 0 Å². The molecule has 1 aliphatic rings. The summed E-state index contributed by atoms with van der Waals surface area (Å²) < 4.78 is 0. The standard InChI is InChI=1S/C13H18O/c1-2-13(14)12-9-5-7-10-6-3-4-8-11(10)12/h3-4,6,8,12-14H,2,5,7,9H2,1H3/t12?,13-/m1/s1. The Balaban J connectivity index is 2.30. The third-order valence-electron chi connectivity index (χ3n) is 3.30. The van der Waals surface area contributed by atoms with Gasteiger partial charge in [0, 0.05) is 5.92 Å². The Morgan fingerprint density at radius 1 is 1.43 bits per heavy atom. The molecule has 0 saturated heterocycles. The monoisotopic (exact) mass is 190 g/mol. The topological polar surface area (TPSA) is 20.2 Å². The van der Waals surface area contributed by atoms with Crippen molar-refractivity contribution < 1.29 is 5.11 Å². The van der Waals surface area contributed by atoms with Gasteiger partial charge in [0.05, 0.1) is 6.10 Å². The number of benzene rings is 1. The summed E-state index contributed by atoms with van der Waals surface area (Å²) in [6, 6.07) is 8.56. The van der Waals surface area contributed by atoms with Gasteiger partial charge in [-0.15, -0.1) is 0 Å². The average molecular weight is 190 g/mol. The SMILES string of the molecule is CC[C@@H](O)C1CCCc2ccccc21. The predicted molar refractivity (Wildman–Crippen MR) is 58.4 cm³/mol. The number of hydrogen-bond acceptors (Lipinski definition) is 1. The van der Waals surface area contributed by atoms with E-state index in [2.05, 4.69) is 31.2 Å². The molecule has 1 nitrogen and oxygen atoms in total. The van der Waals surface area contributed by atoms with Gasteiger partial charge >= 0.3 is 0 Å². The Morgan fingerprint density at radius 3 is 3.00 bits per heavy atom. The van der Waals surface area contributed by atoms with Gasteiger partial charge in [-0.1, -0.05) is 31.2 Å². The summed E-state index contributed by atoms with van der Waals surface area (Å²) in [7, 11) is 0. The van der Waals surface area contributed by atoms with Gasteiger partial charge < -0.3 is 5.11 Å². The van der Waals surface area contributed by atoms with Crippen molar-refractivity contribution in [1.82, 2.24) is 0 Å². The summed E-state index contributed by atoms with van der Waals surface area (Å²) in [5.41, 5.74) is 2.82. The fourth-order valence-electron chi connectivity index (χ4n) is 2.48. The Bertz CT molecular complexity index is 306. The van der Waals surface area contributed by atoms with Crippen LogP contribution < -0.4 is 0 Å². The summed E-state index contributed by atoms with van der Waals surface area (Å²) in [5.74, 6) is 0.380. The quantitative estimate of drug-likeness (QED) is 0.760. The van der Waals surface area contributed by atoms with E-state index >= 15 is 0 Å². The van der Waals surface area contributed by atoms with Crippen LogP contribution in [0.2, 0.25) is 0 Å². The van der Waals surface area contributed by atoms with Crippen LogP contribution in [0.1, 0.15) is 43.2 Å². The molecule has 76 valence electrons. The van der Waals surface area contributed by atoms with E-state index in [9.17, 15) is 5.11 Å². The predicted octanol–water partition coefficient (Wildman–Crippen LogP) is 2.88. The highest BCUT2D eigenvalue weighted by molar-refractivity contribution is 5.33. The zero-order chi connectivity index (χ0) is 9.97. The van der Waals surface area contributed by atoms with Crippen molar-refractivity contribution in [3.05, 3.63) is 35.4 Å². The van der Waals surface area contributed by atoms with E-state index in [4.69, 9.17) is 0 Å². The van der Waals surface area contributed by atoms with Crippen LogP contribution >= 0.6 is 0 Å². The lowest BCUT2D eigenvalue weighted by molar-refractivity contribution is 0.130. The van der Waals surface area contributed by atoms with Crippen molar-refractivity contribution in [2.45, 2.75) is 44.6 Å². The molecular formula is C13H18O. The molecule has 1 aromatic carbocycles. The molecule has 0 amide bonds. The second-order valence-corrected chi connectivity index (χ2v) is 4.17. The van der Waals surface area contributed by atoms with Crippen LogP contribution in [0.4, 0.5) is 0 Å². The second-order valence-electron chi connectivity index (χ2n) is 4.17. The van der Waals surface area contributed by atoms with Crippen LogP contribution in [-0.4, -0.2) is 11.2 Å². The van der Waals surface area contributed by atoms with E-state index in [1.54, 1.807) is 0 Å². The van der Waals surface area contributed by atoms with Crippen LogP contribution in [0.3, 0.4) is 0 Å². The number of hydrogen-bond donors (Lipinski definition) is 1. The molecule has 2 atom stereocenters. The van der Waals surface area contributed by atoms with Gasteiger partial charge in [0.1, 0.15) is 0 Å². The molecule has 0 radical (unpaired) electrons. The van der Waals surface area contributed by atoms with E-state index in [0.29, 0.717) is 5.92 Å². The molecule has 1 N–H and O–H groups in total. The largest absolute Gasteiger partial charge is 0.393 e. The van der Waals surface area contributed by atoms with Gasteiger partial charge in [0.25, 0.3) is 0 Å². The fraction of sp³-hybridized carbons (Fsp3) is 0.538. The number of aryl methyl sites for hydroxylation is 1. The lowest BCUT2D eigenvalue weighted by Crippen LogP contribution is -2.22. The number of aliphatic hydroxyl groups is 1. The lowest BCUT2D eigenvalue weighted by atomic mass is 9.79. The molecule has 14 heavy (non-hydrogen) atoms. The van der Waals surface area contributed by atoms with Crippen LogP contribution in [0.15, 0.2) is 24.3 Å². The zero-order valence-corrected chi connectivity index (χ0v) is 8.74. The van der Waals surface area contributed by atoms with Gasteiger partial charge in [-0.25, -0.2) is 0 Å². The van der Waals surface area contributed by atoms with Crippen molar-refractivity contribution in [1.29, 1.82) is 0 Å². The highest BCUT2D eigenvalue weighted by Crippen LogP contribution is 2.34. The second kappa shape index (κ2) is 4.14. The smallest absolute Gasteiger partial charge is 0.0606 e. The first-order valence-electron chi connectivity index (χ1n) is 5.58. The van der Waals surface area contributed by atoms with Crippen molar-refractivity contribution in [3.63, 3.8) is 0 Å². The van der Waals surface area contributed by atoms with E-state index in [1.807, 2.05) is 0 Å². The first-order chi connectivity index (χ1) is 6.83. The number of fused-ring (bicyclic) bond motifs is 1. The van der Waals surface area contributed by atoms with Gasteiger partial charge in [-0.3, -0.25) is 0 Å². The average Bonchev–Trinajstić information content (AvgIpc) is 2.27. The first kappa shape index (κ1) is 9.72. The molecule has 1 unspecified atom stereocenters. The Kier molecular flexibility index (Phi) is 2.87.